The summed E-state index contributed by atoms with van der Waals surface area (Å²) >= 11 is 0. The van der Waals surface area contributed by atoms with E-state index in [2.05, 4.69) is 5.32 Å². The number of nitro benzene ring substituents is 1. The third kappa shape index (κ3) is 3.20. The molecule has 1 saturated carbocycles. The average Bonchev–Trinajstić information content (AvgIpc) is 2.90. The van der Waals surface area contributed by atoms with Crippen LogP contribution in [0.15, 0.2) is 24.3 Å². The van der Waals surface area contributed by atoms with Crippen LogP contribution in [-0.4, -0.2) is 22.7 Å². The Balaban J connectivity index is 1.84. The van der Waals surface area contributed by atoms with Crippen LogP contribution in [0, 0.1) is 16.0 Å². The molecule has 2 rings (SSSR count). The monoisotopic (exact) mass is 250 g/mol. The van der Waals surface area contributed by atoms with Crippen LogP contribution in [0.2, 0.25) is 0 Å². The molecule has 0 spiro atoms. The molecule has 5 heteroatoms. The minimum absolute atomic E-state index is 0.0805. The second-order valence-electron chi connectivity index (χ2n) is 4.80. The highest BCUT2D eigenvalue weighted by atomic mass is 16.6. The maximum atomic E-state index is 10.5. The number of rotatable bonds is 5. The molecular formula is C13H18N2O3. The second kappa shape index (κ2) is 5.82. The number of nitro groups is 1. The summed E-state index contributed by atoms with van der Waals surface area (Å²) < 4.78 is 0. The summed E-state index contributed by atoms with van der Waals surface area (Å²) in [6.45, 7) is 0.502. The number of nitrogens with one attached hydrogen (secondary N) is 1. The predicted molar refractivity (Wildman–Crippen MR) is 69.6 cm³/mol. The minimum Gasteiger partial charge on any atom is -0.391 e. The Hall–Kier alpha value is -1.62. The van der Waals surface area contributed by atoms with Gasteiger partial charge in [0.2, 0.25) is 0 Å². The number of nitrogens with zero attached hydrogens (tertiary/aromatic N) is 1. The van der Waals surface area contributed by atoms with Crippen molar-refractivity contribution in [3.63, 3.8) is 0 Å². The zero-order valence-corrected chi connectivity index (χ0v) is 10.2. The van der Waals surface area contributed by atoms with Crippen LogP contribution in [0.1, 0.15) is 25.7 Å². The van der Waals surface area contributed by atoms with E-state index in [9.17, 15) is 15.2 Å². The fourth-order valence-electron chi connectivity index (χ4n) is 2.43. The van der Waals surface area contributed by atoms with E-state index in [4.69, 9.17) is 0 Å². The summed E-state index contributed by atoms with van der Waals surface area (Å²) in [5, 5.41) is 23.6. The molecule has 1 aromatic rings. The molecule has 0 aliphatic heterocycles. The van der Waals surface area contributed by atoms with Gasteiger partial charge in [-0.1, -0.05) is 12.8 Å². The standard InChI is InChI=1S/C13H18N2O3/c16-13(10-3-1-2-4-10)9-14-11-5-7-12(8-6-11)15(17)18/h5-8,10,13-14,16H,1-4,9H2. The lowest BCUT2D eigenvalue weighted by Crippen LogP contribution is -2.26. The molecule has 1 aromatic carbocycles. The summed E-state index contributed by atoms with van der Waals surface area (Å²) in [6, 6.07) is 6.26. The van der Waals surface area contributed by atoms with Gasteiger partial charge >= 0.3 is 0 Å². The van der Waals surface area contributed by atoms with Crippen LogP contribution in [0.4, 0.5) is 11.4 Å². The first-order chi connectivity index (χ1) is 8.66. The summed E-state index contributed by atoms with van der Waals surface area (Å²) in [4.78, 5) is 10.1. The molecule has 0 bridgehead atoms. The highest BCUT2D eigenvalue weighted by molar-refractivity contribution is 5.48. The van der Waals surface area contributed by atoms with Gasteiger partial charge in [0.05, 0.1) is 11.0 Å². The summed E-state index contributed by atoms with van der Waals surface area (Å²) in [7, 11) is 0. The van der Waals surface area contributed by atoms with E-state index in [1.807, 2.05) is 0 Å². The topological polar surface area (TPSA) is 75.4 Å². The lowest BCUT2D eigenvalue weighted by molar-refractivity contribution is -0.384. The number of aliphatic hydroxyl groups excluding tert-OH is 1. The molecule has 1 aliphatic rings. The van der Waals surface area contributed by atoms with Crippen molar-refractivity contribution in [2.45, 2.75) is 31.8 Å². The molecule has 0 heterocycles. The van der Waals surface area contributed by atoms with Gasteiger partial charge in [0.25, 0.3) is 5.69 Å². The zero-order chi connectivity index (χ0) is 13.0. The van der Waals surface area contributed by atoms with Crippen molar-refractivity contribution in [1.82, 2.24) is 0 Å². The van der Waals surface area contributed by atoms with E-state index in [1.165, 1.54) is 25.0 Å². The molecule has 98 valence electrons. The molecule has 1 unspecified atom stereocenters. The van der Waals surface area contributed by atoms with Crippen LogP contribution < -0.4 is 5.32 Å². The Labute approximate surface area is 106 Å². The fraction of sp³-hybridized carbons (Fsp3) is 0.538. The van der Waals surface area contributed by atoms with E-state index in [-0.39, 0.29) is 11.8 Å². The predicted octanol–water partition coefficient (Wildman–Crippen LogP) is 2.56. The van der Waals surface area contributed by atoms with Gasteiger partial charge in [-0.05, 0) is 30.9 Å². The summed E-state index contributed by atoms with van der Waals surface area (Å²) in [5.41, 5.74) is 0.884. The van der Waals surface area contributed by atoms with Crippen molar-refractivity contribution >= 4 is 11.4 Å². The Morgan fingerprint density at radius 1 is 1.33 bits per heavy atom. The molecule has 0 saturated heterocycles. The molecule has 1 aliphatic carbocycles. The maximum absolute atomic E-state index is 10.5. The Morgan fingerprint density at radius 2 is 1.94 bits per heavy atom. The van der Waals surface area contributed by atoms with E-state index in [1.54, 1.807) is 12.1 Å². The first kappa shape index (κ1) is 12.8. The van der Waals surface area contributed by atoms with Crippen molar-refractivity contribution in [3.8, 4) is 0 Å². The van der Waals surface area contributed by atoms with Crippen molar-refractivity contribution < 1.29 is 10.0 Å². The van der Waals surface area contributed by atoms with Crippen molar-refractivity contribution in [1.29, 1.82) is 0 Å². The smallest absolute Gasteiger partial charge is 0.269 e. The van der Waals surface area contributed by atoms with Crippen LogP contribution in [0.3, 0.4) is 0 Å². The van der Waals surface area contributed by atoms with Gasteiger partial charge in [-0.2, -0.15) is 0 Å². The summed E-state index contributed by atoms with van der Waals surface area (Å²) in [5.74, 6) is 0.399. The van der Waals surface area contributed by atoms with E-state index in [0.29, 0.717) is 12.5 Å². The maximum Gasteiger partial charge on any atom is 0.269 e. The Bertz CT molecular complexity index is 399. The van der Waals surface area contributed by atoms with E-state index >= 15 is 0 Å². The van der Waals surface area contributed by atoms with Crippen LogP contribution in [0.25, 0.3) is 0 Å². The van der Waals surface area contributed by atoms with Crippen LogP contribution >= 0.6 is 0 Å². The molecule has 5 nitrogen and oxygen atoms in total. The Kier molecular flexibility index (Phi) is 4.15. The third-order valence-electron chi connectivity index (χ3n) is 3.54. The number of hydrogen-bond donors (Lipinski definition) is 2. The van der Waals surface area contributed by atoms with Gasteiger partial charge in [0.1, 0.15) is 0 Å². The SMILES string of the molecule is O=[N+]([O-])c1ccc(NCC(O)C2CCCC2)cc1. The molecule has 1 atom stereocenters. The highest BCUT2D eigenvalue weighted by Gasteiger charge is 2.22. The molecule has 2 N–H and O–H groups in total. The average molecular weight is 250 g/mol. The number of aliphatic hydroxyl groups is 1. The van der Waals surface area contributed by atoms with E-state index < -0.39 is 4.92 Å². The molecule has 0 amide bonds. The first-order valence-corrected chi connectivity index (χ1v) is 6.33. The lowest BCUT2D eigenvalue weighted by atomic mass is 10.0. The molecule has 18 heavy (non-hydrogen) atoms. The number of anilines is 1. The molecular weight excluding hydrogens is 232 g/mol. The molecule has 0 radical (unpaired) electrons. The first-order valence-electron chi connectivity index (χ1n) is 6.33. The van der Waals surface area contributed by atoms with Gasteiger partial charge in [-0.15, -0.1) is 0 Å². The molecule has 1 fully saturated rings. The van der Waals surface area contributed by atoms with Crippen LogP contribution in [0.5, 0.6) is 0 Å². The molecule has 0 aromatic heterocycles. The van der Waals surface area contributed by atoms with Crippen molar-refractivity contribution in [3.05, 3.63) is 34.4 Å². The fourth-order valence-corrected chi connectivity index (χ4v) is 2.43. The third-order valence-corrected chi connectivity index (χ3v) is 3.54. The van der Waals surface area contributed by atoms with Gasteiger partial charge in [0, 0.05) is 24.4 Å². The van der Waals surface area contributed by atoms with Crippen molar-refractivity contribution in [2.75, 3.05) is 11.9 Å². The highest BCUT2D eigenvalue weighted by Crippen LogP contribution is 2.27. The van der Waals surface area contributed by atoms with Gasteiger partial charge < -0.3 is 10.4 Å². The zero-order valence-electron chi connectivity index (χ0n) is 10.2. The largest absolute Gasteiger partial charge is 0.391 e. The lowest BCUT2D eigenvalue weighted by Gasteiger charge is -2.18. The Morgan fingerprint density at radius 3 is 2.50 bits per heavy atom. The quantitative estimate of drug-likeness (QED) is 0.622. The number of benzene rings is 1. The van der Waals surface area contributed by atoms with Gasteiger partial charge in [-0.3, -0.25) is 10.1 Å². The number of non-ortho nitro benzene ring substituents is 1. The minimum atomic E-state index is -0.419. The normalized spacial score (nSPS) is 17.6. The van der Waals surface area contributed by atoms with Gasteiger partial charge in [-0.25, -0.2) is 0 Å². The second-order valence-corrected chi connectivity index (χ2v) is 4.80. The van der Waals surface area contributed by atoms with E-state index in [0.717, 1.165) is 18.5 Å². The van der Waals surface area contributed by atoms with Crippen LogP contribution in [-0.2, 0) is 0 Å². The number of hydrogen-bond acceptors (Lipinski definition) is 4. The van der Waals surface area contributed by atoms with Gasteiger partial charge in [0.15, 0.2) is 0 Å². The summed E-state index contributed by atoms with van der Waals surface area (Å²) in [6.07, 6.45) is 4.28. The van der Waals surface area contributed by atoms with Crippen molar-refractivity contribution in [2.24, 2.45) is 5.92 Å².